The van der Waals surface area contributed by atoms with E-state index >= 15 is 0 Å². The van der Waals surface area contributed by atoms with E-state index in [1.165, 1.54) is 256 Å². The summed E-state index contributed by atoms with van der Waals surface area (Å²) in [5.74, 6) is 0. The van der Waals surface area contributed by atoms with Gasteiger partial charge in [-0.15, -0.1) is 0 Å². The van der Waals surface area contributed by atoms with Crippen LogP contribution in [0, 0.1) is 13.8 Å². The second-order valence-corrected chi connectivity index (χ2v) is 21.1. The van der Waals surface area contributed by atoms with Crippen molar-refractivity contribution in [3.8, 4) is 0 Å². The molecule has 2 aromatic carbocycles. The first-order valence-electron chi connectivity index (χ1n) is 30.6. The molecule has 0 saturated carbocycles. The van der Waals surface area contributed by atoms with Crippen LogP contribution in [0.3, 0.4) is 0 Å². The third-order valence-electron chi connectivity index (χ3n) is 14.3. The summed E-state index contributed by atoms with van der Waals surface area (Å²) in [6.07, 6.45) is 52.1. The van der Waals surface area contributed by atoms with Crippen LogP contribution in [0.2, 0.25) is 0 Å². The molecule has 1 aliphatic rings. The van der Waals surface area contributed by atoms with Gasteiger partial charge in [0, 0.05) is 22.3 Å². The Kier molecular flexibility index (Phi) is 46.6. The molecule has 0 fully saturated rings. The van der Waals surface area contributed by atoms with Gasteiger partial charge in [0.05, 0.1) is 0 Å². The molecule has 2 aromatic rings. The van der Waals surface area contributed by atoms with Crippen LogP contribution < -0.4 is 0 Å². The van der Waals surface area contributed by atoms with Crippen molar-refractivity contribution in [3.05, 3.63) is 100 Å². The minimum absolute atomic E-state index is 0. The molecule has 0 N–H and O–H groups in total. The van der Waals surface area contributed by atoms with Crippen LogP contribution in [0.15, 0.2) is 47.5 Å². The molecule has 2 nitrogen and oxygen atoms in total. The molecule has 3 heteroatoms. The molecule has 70 heavy (non-hydrogen) atoms. The fourth-order valence-corrected chi connectivity index (χ4v) is 9.98. The predicted molar refractivity (Wildman–Crippen MR) is 312 cm³/mol. The number of nitrogens with zero attached hydrogens (tertiary/aromatic N) is 2. The first-order chi connectivity index (χ1) is 33.8. The maximum atomic E-state index is 12.6. The number of aryl methyl sites for hydroxylation is 4. The minimum Gasteiger partial charge on any atom is -0.493 e. The van der Waals surface area contributed by atoms with Crippen molar-refractivity contribution in [2.45, 2.75) is 319 Å². The summed E-state index contributed by atoms with van der Waals surface area (Å²) in [4.78, 5) is 0. The van der Waals surface area contributed by atoms with Gasteiger partial charge < -0.3 is 19.4 Å². The molecule has 0 bridgehead atoms. The van der Waals surface area contributed by atoms with Gasteiger partial charge in [0.15, 0.2) is 0 Å². The van der Waals surface area contributed by atoms with E-state index in [2.05, 4.69) is 106 Å². The summed E-state index contributed by atoms with van der Waals surface area (Å²) in [5.41, 5.74) is 25.8. The van der Waals surface area contributed by atoms with Crippen LogP contribution in [0.1, 0.15) is 326 Å². The van der Waals surface area contributed by atoms with E-state index in [-0.39, 0.29) is 16.5 Å². The van der Waals surface area contributed by atoms with E-state index in [1.807, 2.05) is 0 Å². The standard InChI is InChI=1S/C47H74N2.2C10H21.Ni/c1-7-13-19-20-21-25-31-45-44(30-24-16-10-4)46(42-34-38(26-17-11-5)32-40(36-42)28-22-14-8-2)49(48)47(45)43-35-39(27-18-12-6)33-41(37-43)29-23-15-9-3;2*1-3-5-7-9-10-8-6-4-2;/h32-37H,7-31H2,1-6H3;2*1,3-10H2,2H3;/q;2*-1;+2. The Labute approximate surface area is 449 Å². The monoisotopic (exact) mass is 1010 g/mol. The van der Waals surface area contributed by atoms with Gasteiger partial charge in [0.25, 0.3) is 0 Å². The van der Waals surface area contributed by atoms with Crippen molar-refractivity contribution in [1.29, 1.82) is 0 Å². The second-order valence-electron chi connectivity index (χ2n) is 21.1. The van der Waals surface area contributed by atoms with Gasteiger partial charge in [-0.2, -0.15) is 12.8 Å². The zero-order valence-electron chi connectivity index (χ0n) is 48.1. The van der Waals surface area contributed by atoms with Gasteiger partial charge in [-0.3, -0.25) is 0 Å². The molecule has 0 amide bonds. The van der Waals surface area contributed by atoms with Crippen LogP contribution in [-0.4, -0.2) is 4.70 Å². The van der Waals surface area contributed by atoms with E-state index in [9.17, 15) is 5.53 Å². The number of hydrogen-bond donors (Lipinski definition) is 0. The van der Waals surface area contributed by atoms with Crippen molar-refractivity contribution in [2.24, 2.45) is 0 Å². The molecular formula is C67H116N2Ni. The zero-order chi connectivity index (χ0) is 50.6. The molecule has 0 aliphatic carbocycles. The van der Waals surface area contributed by atoms with Crippen LogP contribution in [-0.2, 0) is 42.2 Å². The van der Waals surface area contributed by atoms with Crippen LogP contribution in [0.4, 0.5) is 0 Å². The molecule has 0 unspecified atom stereocenters. The Hall–Kier alpha value is -1.99. The van der Waals surface area contributed by atoms with Crippen molar-refractivity contribution >= 4 is 11.4 Å². The Morgan fingerprint density at radius 3 is 0.829 bits per heavy atom. The molecule has 1 aliphatic heterocycles. The average Bonchev–Trinajstić information content (AvgIpc) is 3.63. The van der Waals surface area contributed by atoms with Crippen molar-refractivity contribution in [1.82, 2.24) is 0 Å². The second kappa shape index (κ2) is 48.0. The van der Waals surface area contributed by atoms with Gasteiger partial charge >= 0.3 is 16.5 Å². The first kappa shape index (κ1) is 68.0. The molecule has 0 radical (unpaired) electrons. The Morgan fingerprint density at radius 2 is 0.529 bits per heavy atom. The fourth-order valence-electron chi connectivity index (χ4n) is 9.98. The van der Waals surface area contributed by atoms with Crippen molar-refractivity contribution in [3.63, 3.8) is 0 Å². The zero-order valence-corrected chi connectivity index (χ0v) is 49.1. The third kappa shape index (κ3) is 30.9. The largest absolute Gasteiger partial charge is 2.00 e. The van der Waals surface area contributed by atoms with E-state index in [4.69, 9.17) is 0 Å². The molecule has 0 atom stereocenters. The maximum absolute atomic E-state index is 12.6. The number of unbranched alkanes of at least 4 members (excludes halogenated alkanes) is 27. The maximum Gasteiger partial charge on any atom is 2.00 e. The number of rotatable bonds is 41. The first-order valence-corrected chi connectivity index (χ1v) is 30.6. The summed E-state index contributed by atoms with van der Waals surface area (Å²) >= 11 is 0. The fraction of sp³-hybridized carbons (Fsp3) is 0.731. The summed E-state index contributed by atoms with van der Waals surface area (Å²) in [5, 5.41) is 0. The van der Waals surface area contributed by atoms with Gasteiger partial charge in [-0.05, 0) is 124 Å². The third-order valence-corrected chi connectivity index (χ3v) is 14.3. The molecule has 0 spiro atoms. The predicted octanol–water partition coefficient (Wildman–Crippen LogP) is 23.3. The van der Waals surface area contributed by atoms with E-state index in [0.29, 0.717) is 0 Å². The minimum atomic E-state index is 0. The van der Waals surface area contributed by atoms with Gasteiger partial charge in [-0.1, -0.05) is 241 Å². The smallest absolute Gasteiger partial charge is 0.493 e. The SMILES string of the molecule is CCCCCCCCC1=C(c2cc(CCCC)cc(CCCCC)c2)[N+](=[N-])C(c2cc(CCCC)cc(CCCCC)c2)=C1CCCCC.[CH2-]CCCCCCCCC.[CH2-]CCCCCCCCC.[Ni+2]. The topological polar surface area (TPSA) is 25.3 Å². The normalized spacial score (nSPS) is 12.3. The summed E-state index contributed by atoms with van der Waals surface area (Å²) in [7, 11) is 0. The Bertz CT molecular complexity index is 1570. The summed E-state index contributed by atoms with van der Waals surface area (Å²) in [6.45, 7) is 26.0. The molecule has 0 saturated heterocycles. The Balaban J connectivity index is 0.00000188. The van der Waals surface area contributed by atoms with Gasteiger partial charge in [0.1, 0.15) is 0 Å². The molecule has 3 rings (SSSR count). The molecule has 404 valence electrons. The van der Waals surface area contributed by atoms with Gasteiger partial charge in [-0.25, -0.2) is 4.70 Å². The average molecular weight is 1010 g/mol. The molecule has 1 heterocycles. The number of hydrogen-bond acceptors (Lipinski definition) is 0. The summed E-state index contributed by atoms with van der Waals surface area (Å²) in [6, 6.07) is 14.7. The summed E-state index contributed by atoms with van der Waals surface area (Å²) < 4.78 is 1.68. The van der Waals surface area contributed by atoms with Gasteiger partial charge in [0.2, 0.25) is 11.4 Å². The quantitative estimate of drug-likeness (QED) is 0.0275. The van der Waals surface area contributed by atoms with Crippen LogP contribution >= 0.6 is 0 Å². The van der Waals surface area contributed by atoms with E-state index in [1.54, 1.807) is 4.70 Å². The Morgan fingerprint density at radius 1 is 0.300 bits per heavy atom. The number of allylic oxidation sites excluding steroid dienone is 2. The van der Waals surface area contributed by atoms with Crippen LogP contribution in [0.25, 0.3) is 16.9 Å². The van der Waals surface area contributed by atoms with Crippen LogP contribution in [0.5, 0.6) is 0 Å². The van der Waals surface area contributed by atoms with E-state index in [0.717, 1.165) is 62.8 Å². The van der Waals surface area contributed by atoms with Crippen molar-refractivity contribution < 1.29 is 21.2 Å². The van der Waals surface area contributed by atoms with Crippen molar-refractivity contribution in [2.75, 3.05) is 0 Å². The molecule has 0 aromatic heterocycles. The number of benzene rings is 2. The van der Waals surface area contributed by atoms with E-state index < -0.39 is 0 Å². The molecular weight excluding hydrogens is 891 g/mol.